The van der Waals surface area contributed by atoms with E-state index >= 15 is 0 Å². The van der Waals surface area contributed by atoms with Crippen molar-refractivity contribution < 1.29 is 37.0 Å². The SMILES string of the molecule is O=C(CCCOc1ccc(CC(Nc2nc3nc(C(F)(F)F)ccc3o2)C(=O)O)cc1)NC1=NCCCN1. The van der Waals surface area contributed by atoms with Gasteiger partial charge in [-0.3, -0.25) is 15.1 Å². The Balaban J connectivity index is 1.27. The normalized spacial score (nSPS) is 14.3. The maximum Gasteiger partial charge on any atom is 0.433 e. The van der Waals surface area contributed by atoms with E-state index in [1.165, 1.54) is 0 Å². The number of hydrogen-bond acceptors (Lipinski definition) is 9. The second-order valence-corrected chi connectivity index (χ2v) is 8.43. The minimum Gasteiger partial charge on any atom is -0.494 e. The average molecular weight is 534 g/mol. The van der Waals surface area contributed by atoms with Crippen LogP contribution in [0.5, 0.6) is 5.75 Å². The van der Waals surface area contributed by atoms with Gasteiger partial charge in [0, 0.05) is 25.9 Å². The van der Waals surface area contributed by atoms with Crippen LogP contribution < -0.4 is 20.7 Å². The fourth-order valence-electron chi connectivity index (χ4n) is 3.58. The Hall–Kier alpha value is -4.36. The number of alkyl halides is 3. The predicted molar refractivity (Wildman–Crippen MR) is 130 cm³/mol. The maximum absolute atomic E-state index is 12.9. The molecule has 1 amide bonds. The Morgan fingerprint density at radius 2 is 1.95 bits per heavy atom. The number of benzene rings is 1. The summed E-state index contributed by atoms with van der Waals surface area (Å²) in [6.45, 7) is 1.78. The van der Waals surface area contributed by atoms with Gasteiger partial charge in [-0.05, 0) is 42.7 Å². The molecule has 4 rings (SSSR count). The molecule has 3 heterocycles. The number of hydrogen-bond donors (Lipinski definition) is 4. The first-order valence-corrected chi connectivity index (χ1v) is 11.8. The number of nitrogens with one attached hydrogen (secondary N) is 3. The zero-order valence-electron chi connectivity index (χ0n) is 20.0. The van der Waals surface area contributed by atoms with E-state index in [4.69, 9.17) is 9.15 Å². The van der Waals surface area contributed by atoms with E-state index in [0.717, 1.165) is 25.1 Å². The van der Waals surface area contributed by atoms with Crippen LogP contribution in [0, 0.1) is 0 Å². The van der Waals surface area contributed by atoms with E-state index in [0.29, 0.717) is 36.8 Å². The van der Waals surface area contributed by atoms with Crippen LogP contribution in [0.25, 0.3) is 11.2 Å². The highest BCUT2D eigenvalue weighted by atomic mass is 19.4. The number of carboxylic acids is 1. The maximum atomic E-state index is 12.9. The van der Waals surface area contributed by atoms with Crippen molar-refractivity contribution in [2.45, 2.75) is 37.9 Å². The molecule has 11 nitrogen and oxygen atoms in total. The van der Waals surface area contributed by atoms with E-state index in [1.54, 1.807) is 24.3 Å². The quantitative estimate of drug-likeness (QED) is 0.288. The van der Waals surface area contributed by atoms with E-state index in [2.05, 4.69) is 30.9 Å². The van der Waals surface area contributed by atoms with Crippen LogP contribution in [0.4, 0.5) is 19.2 Å². The lowest BCUT2D eigenvalue weighted by Crippen LogP contribution is -2.43. The molecular weight excluding hydrogens is 509 g/mol. The number of ether oxygens (including phenoxy) is 1. The highest BCUT2D eigenvalue weighted by Crippen LogP contribution is 2.29. The molecule has 0 saturated heterocycles. The van der Waals surface area contributed by atoms with Gasteiger partial charge in [0.05, 0.1) is 6.61 Å². The van der Waals surface area contributed by atoms with Crippen molar-refractivity contribution in [2.24, 2.45) is 4.99 Å². The van der Waals surface area contributed by atoms with E-state index in [9.17, 15) is 27.9 Å². The van der Waals surface area contributed by atoms with Crippen LogP contribution in [-0.4, -0.2) is 58.6 Å². The van der Waals surface area contributed by atoms with Crippen LogP contribution in [0.3, 0.4) is 0 Å². The number of amides is 1. The Bertz CT molecular complexity index is 1310. The van der Waals surface area contributed by atoms with E-state index < -0.39 is 23.9 Å². The predicted octanol–water partition coefficient (Wildman–Crippen LogP) is 2.97. The first-order valence-electron chi connectivity index (χ1n) is 11.8. The summed E-state index contributed by atoms with van der Waals surface area (Å²) < 4.78 is 49.5. The molecule has 0 bridgehead atoms. The molecule has 0 radical (unpaired) electrons. The third kappa shape index (κ3) is 7.33. The summed E-state index contributed by atoms with van der Waals surface area (Å²) in [7, 11) is 0. The molecule has 1 atom stereocenters. The molecule has 1 aliphatic rings. The number of halogens is 3. The van der Waals surface area contributed by atoms with Crippen molar-refractivity contribution >= 4 is 35.1 Å². The minimum absolute atomic E-state index is 0.0111. The smallest absolute Gasteiger partial charge is 0.433 e. The number of guanidine groups is 1. The second-order valence-electron chi connectivity index (χ2n) is 8.43. The minimum atomic E-state index is -4.64. The molecule has 202 valence electrons. The molecular formula is C24H25F3N6O5. The van der Waals surface area contributed by atoms with Gasteiger partial charge in [0.15, 0.2) is 11.5 Å². The monoisotopic (exact) mass is 534 g/mol. The molecule has 1 aliphatic heterocycles. The highest BCUT2D eigenvalue weighted by Gasteiger charge is 2.33. The van der Waals surface area contributed by atoms with Gasteiger partial charge in [0.2, 0.25) is 11.6 Å². The molecule has 0 spiro atoms. The van der Waals surface area contributed by atoms with Crippen LogP contribution in [0.1, 0.15) is 30.5 Å². The molecule has 2 aromatic heterocycles. The Kier molecular flexibility index (Phi) is 8.28. The number of carbonyl (C=O) groups excluding carboxylic acids is 1. The lowest BCUT2D eigenvalue weighted by Gasteiger charge is -2.15. The summed E-state index contributed by atoms with van der Waals surface area (Å²) >= 11 is 0. The number of carbonyl (C=O) groups is 2. The standard InChI is InChI=1S/C24H25F3N6O5/c25-24(26,27)18-9-8-17-20(31-18)33-23(38-17)30-16(21(35)36)13-14-4-6-15(7-5-14)37-12-1-3-19(34)32-22-28-10-2-11-29-22/h4-9,16H,1-3,10-13H2,(H,35,36)(H,30,31,33)(H2,28,29,32,34). The first-order chi connectivity index (χ1) is 18.2. The lowest BCUT2D eigenvalue weighted by molar-refractivity contribution is -0.141. The number of aliphatic carboxylic acids is 1. The molecule has 0 fully saturated rings. The Morgan fingerprint density at radius 3 is 2.63 bits per heavy atom. The van der Waals surface area contributed by atoms with Crippen LogP contribution >= 0.6 is 0 Å². The summed E-state index contributed by atoms with van der Waals surface area (Å²) in [5.74, 6) is -0.308. The first kappa shape index (κ1) is 26.7. The summed E-state index contributed by atoms with van der Waals surface area (Å²) in [5, 5.41) is 17.9. The van der Waals surface area contributed by atoms with Crippen LogP contribution in [0.15, 0.2) is 45.8 Å². The van der Waals surface area contributed by atoms with Gasteiger partial charge in [-0.2, -0.15) is 18.2 Å². The highest BCUT2D eigenvalue weighted by molar-refractivity contribution is 5.97. The fraction of sp³-hybridized carbons (Fsp3) is 0.375. The molecule has 1 unspecified atom stereocenters. The van der Waals surface area contributed by atoms with Crippen molar-refractivity contribution in [1.82, 2.24) is 20.6 Å². The number of nitrogens with zero attached hydrogens (tertiary/aromatic N) is 3. The zero-order chi connectivity index (χ0) is 27.1. The number of carboxylic acid groups (broad SMARTS) is 1. The van der Waals surface area contributed by atoms with Gasteiger partial charge < -0.3 is 24.9 Å². The van der Waals surface area contributed by atoms with Crippen molar-refractivity contribution in [1.29, 1.82) is 0 Å². The molecule has 38 heavy (non-hydrogen) atoms. The summed E-state index contributed by atoms with van der Waals surface area (Å²) in [6, 6.07) is 7.15. The topological polar surface area (TPSA) is 151 Å². The number of oxazole rings is 1. The number of anilines is 1. The molecule has 3 aromatic rings. The van der Waals surface area contributed by atoms with Gasteiger partial charge in [-0.15, -0.1) is 0 Å². The number of rotatable bonds is 10. The Labute approximate surface area is 214 Å². The summed E-state index contributed by atoms with van der Waals surface area (Å²) in [4.78, 5) is 35.2. The summed E-state index contributed by atoms with van der Waals surface area (Å²) in [6.07, 6.45) is -2.90. The van der Waals surface area contributed by atoms with E-state index in [1.807, 2.05) is 0 Å². The van der Waals surface area contributed by atoms with Gasteiger partial charge >= 0.3 is 12.1 Å². The molecule has 1 aromatic carbocycles. The molecule has 14 heteroatoms. The van der Waals surface area contributed by atoms with Crippen molar-refractivity contribution in [3.63, 3.8) is 0 Å². The van der Waals surface area contributed by atoms with Gasteiger partial charge in [-0.1, -0.05) is 12.1 Å². The van der Waals surface area contributed by atoms with Crippen molar-refractivity contribution in [3.05, 3.63) is 47.7 Å². The lowest BCUT2D eigenvalue weighted by atomic mass is 10.1. The molecule has 0 aliphatic carbocycles. The van der Waals surface area contributed by atoms with Gasteiger partial charge in [-0.25, -0.2) is 9.78 Å². The number of aliphatic imine (C=N–C) groups is 1. The van der Waals surface area contributed by atoms with Crippen LogP contribution in [0.2, 0.25) is 0 Å². The van der Waals surface area contributed by atoms with Crippen LogP contribution in [-0.2, 0) is 22.2 Å². The van der Waals surface area contributed by atoms with Crippen molar-refractivity contribution in [3.8, 4) is 5.75 Å². The second kappa shape index (κ2) is 11.8. The number of aromatic nitrogens is 2. The van der Waals surface area contributed by atoms with Gasteiger partial charge in [0.25, 0.3) is 6.01 Å². The van der Waals surface area contributed by atoms with Gasteiger partial charge in [0.1, 0.15) is 17.5 Å². The van der Waals surface area contributed by atoms with Crippen molar-refractivity contribution in [2.75, 3.05) is 25.0 Å². The zero-order valence-corrected chi connectivity index (χ0v) is 20.0. The summed E-state index contributed by atoms with van der Waals surface area (Å²) in [5.41, 5.74) is -0.768. The molecule has 0 saturated carbocycles. The number of pyridine rings is 1. The molecule has 4 N–H and O–H groups in total. The Morgan fingerprint density at radius 1 is 1.16 bits per heavy atom. The number of fused-ring (bicyclic) bond motifs is 1. The fourth-order valence-corrected chi connectivity index (χ4v) is 3.58. The third-order valence-corrected chi connectivity index (χ3v) is 5.47. The average Bonchev–Trinajstić information content (AvgIpc) is 3.29. The third-order valence-electron chi connectivity index (χ3n) is 5.47. The van der Waals surface area contributed by atoms with E-state index in [-0.39, 0.29) is 36.0 Å². The largest absolute Gasteiger partial charge is 0.494 e.